The number of hydrogen-bond acceptors (Lipinski definition) is 4. The summed E-state index contributed by atoms with van der Waals surface area (Å²) in [6.45, 7) is 8.43. The maximum Gasteiger partial charge on any atom is 0.232 e. The number of nitrogens with zero attached hydrogens (tertiary/aromatic N) is 1. The van der Waals surface area contributed by atoms with Crippen molar-refractivity contribution in [3.8, 4) is 5.88 Å². The first kappa shape index (κ1) is 16.9. The van der Waals surface area contributed by atoms with Gasteiger partial charge in [0.2, 0.25) is 5.88 Å². The van der Waals surface area contributed by atoms with Gasteiger partial charge >= 0.3 is 0 Å². The standard InChI is InChI=1S/C15H23ClN2O2S/c1-10(18-21(19)15(2,3)4)12-7-13(16)14(17-8-12)20-9-11-5-6-11/h7-8,10-11,18H,5-6,9H2,1-4H3/t10-,21-/m1/s1. The Hall–Kier alpha value is -0.490. The molecule has 1 heterocycles. The zero-order valence-corrected chi connectivity index (χ0v) is 14.6. The maximum absolute atomic E-state index is 12.1. The molecule has 0 unspecified atom stereocenters. The van der Waals surface area contributed by atoms with Crippen molar-refractivity contribution in [3.63, 3.8) is 0 Å². The van der Waals surface area contributed by atoms with Crippen LogP contribution in [-0.2, 0) is 11.4 Å². The van der Waals surface area contributed by atoms with Gasteiger partial charge in [0.15, 0.2) is 0 Å². The predicted molar refractivity (Wildman–Crippen MR) is 86.9 cm³/mol. The van der Waals surface area contributed by atoms with Gasteiger partial charge in [0.05, 0.1) is 12.6 Å². The molecule has 1 saturated carbocycles. The van der Waals surface area contributed by atoms with Gasteiger partial charge in [0.25, 0.3) is 0 Å². The van der Waals surface area contributed by atoms with E-state index in [0.29, 0.717) is 23.4 Å². The highest BCUT2D eigenvalue weighted by atomic mass is 35.5. The average molecular weight is 331 g/mol. The Morgan fingerprint density at radius 2 is 2.19 bits per heavy atom. The number of halogens is 1. The van der Waals surface area contributed by atoms with Crippen LogP contribution >= 0.6 is 11.6 Å². The van der Waals surface area contributed by atoms with Crippen molar-refractivity contribution in [1.29, 1.82) is 0 Å². The number of nitrogens with one attached hydrogen (secondary N) is 1. The third-order valence-electron chi connectivity index (χ3n) is 3.32. The van der Waals surface area contributed by atoms with Crippen LogP contribution in [0.4, 0.5) is 0 Å². The summed E-state index contributed by atoms with van der Waals surface area (Å²) >= 11 is 5.08. The molecule has 0 bridgehead atoms. The van der Waals surface area contributed by atoms with Crippen molar-refractivity contribution in [2.45, 2.75) is 51.3 Å². The van der Waals surface area contributed by atoms with E-state index in [9.17, 15) is 4.55 Å². The van der Waals surface area contributed by atoms with E-state index in [4.69, 9.17) is 16.3 Å². The van der Waals surface area contributed by atoms with Crippen molar-refractivity contribution in [2.75, 3.05) is 6.61 Å². The van der Waals surface area contributed by atoms with Gasteiger partial charge < -0.3 is 9.29 Å². The lowest BCUT2D eigenvalue weighted by molar-refractivity contribution is 0.288. The smallest absolute Gasteiger partial charge is 0.232 e. The fourth-order valence-corrected chi connectivity index (χ4v) is 2.71. The molecule has 1 aliphatic rings. The van der Waals surface area contributed by atoms with Crippen molar-refractivity contribution < 1.29 is 9.29 Å². The number of hydrogen-bond donors (Lipinski definition) is 1. The highest BCUT2D eigenvalue weighted by Gasteiger charge is 2.28. The van der Waals surface area contributed by atoms with Gasteiger partial charge in [0, 0.05) is 17.6 Å². The van der Waals surface area contributed by atoms with E-state index in [2.05, 4.69) is 9.71 Å². The fourth-order valence-electron chi connectivity index (χ4n) is 1.67. The largest absolute Gasteiger partial charge is 0.598 e. The quantitative estimate of drug-likeness (QED) is 0.809. The van der Waals surface area contributed by atoms with Crippen LogP contribution in [0.2, 0.25) is 5.02 Å². The first-order valence-corrected chi connectivity index (χ1v) is 8.76. The normalized spacial score (nSPS) is 18.4. The van der Waals surface area contributed by atoms with E-state index in [1.165, 1.54) is 12.8 Å². The molecule has 0 spiro atoms. The Kier molecular flexibility index (Phi) is 5.41. The second-order valence-electron chi connectivity index (χ2n) is 6.53. The highest BCUT2D eigenvalue weighted by Crippen LogP contribution is 2.31. The second kappa shape index (κ2) is 6.73. The van der Waals surface area contributed by atoms with E-state index in [1.807, 2.05) is 33.8 Å². The van der Waals surface area contributed by atoms with E-state index in [1.54, 1.807) is 6.20 Å². The lowest BCUT2D eigenvalue weighted by Crippen LogP contribution is -2.40. The Bertz CT molecular complexity index is 489. The zero-order valence-electron chi connectivity index (χ0n) is 13.0. The van der Waals surface area contributed by atoms with Gasteiger partial charge in [-0.3, -0.25) is 0 Å². The maximum atomic E-state index is 12.1. The summed E-state index contributed by atoms with van der Waals surface area (Å²) in [5, 5.41) is 0.503. The molecule has 0 aliphatic heterocycles. The lowest BCUT2D eigenvalue weighted by atomic mass is 10.2. The van der Waals surface area contributed by atoms with E-state index >= 15 is 0 Å². The molecular weight excluding hydrogens is 308 g/mol. The molecule has 21 heavy (non-hydrogen) atoms. The molecule has 1 N–H and O–H groups in total. The Morgan fingerprint density at radius 3 is 2.71 bits per heavy atom. The molecule has 2 rings (SSSR count). The number of rotatable bonds is 6. The summed E-state index contributed by atoms with van der Waals surface area (Å²) in [5.74, 6) is 1.15. The average Bonchev–Trinajstić information content (AvgIpc) is 3.20. The molecule has 0 aromatic carbocycles. The van der Waals surface area contributed by atoms with Gasteiger partial charge in [-0.25, -0.2) is 4.98 Å². The minimum absolute atomic E-state index is 0.0902. The van der Waals surface area contributed by atoms with Gasteiger partial charge in [0.1, 0.15) is 9.77 Å². The van der Waals surface area contributed by atoms with E-state index in [-0.39, 0.29) is 10.8 Å². The van der Waals surface area contributed by atoms with Crippen LogP contribution in [0.25, 0.3) is 0 Å². The van der Waals surface area contributed by atoms with Crippen LogP contribution in [0, 0.1) is 5.92 Å². The Morgan fingerprint density at radius 1 is 1.52 bits per heavy atom. The minimum Gasteiger partial charge on any atom is -0.598 e. The lowest BCUT2D eigenvalue weighted by Gasteiger charge is -2.26. The predicted octanol–water partition coefficient (Wildman–Crippen LogP) is 3.64. The SMILES string of the molecule is C[C@@H](N[S@+]([O-])C(C)(C)C)c1cnc(OCC2CC2)c(Cl)c1. The molecule has 2 atom stereocenters. The molecule has 0 amide bonds. The van der Waals surface area contributed by atoms with Gasteiger partial charge in [-0.1, -0.05) is 11.6 Å². The van der Waals surface area contributed by atoms with Gasteiger partial charge in [-0.05, 0) is 58.1 Å². The summed E-state index contributed by atoms with van der Waals surface area (Å²) < 4.78 is 20.5. The number of ether oxygens (including phenoxy) is 1. The van der Waals surface area contributed by atoms with Crippen LogP contribution in [0.5, 0.6) is 5.88 Å². The third kappa shape index (κ3) is 5.02. The molecular formula is C15H23ClN2O2S. The van der Waals surface area contributed by atoms with Gasteiger partial charge in [-0.15, -0.1) is 4.72 Å². The number of pyridine rings is 1. The Balaban J connectivity index is 1.97. The Labute approximate surface area is 134 Å². The summed E-state index contributed by atoms with van der Waals surface area (Å²) in [7, 11) is 0. The second-order valence-corrected chi connectivity index (χ2v) is 8.94. The summed E-state index contributed by atoms with van der Waals surface area (Å²) in [5.41, 5.74) is 0.899. The summed E-state index contributed by atoms with van der Waals surface area (Å²) in [6.07, 6.45) is 4.19. The van der Waals surface area contributed by atoms with E-state index in [0.717, 1.165) is 5.56 Å². The van der Waals surface area contributed by atoms with Crippen LogP contribution in [0.15, 0.2) is 12.3 Å². The molecule has 6 heteroatoms. The van der Waals surface area contributed by atoms with Crippen LogP contribution < -0.4 is 9.46 Å². The first-order valence-electron chi connectivity index (χ1n) is 7.23. The minimum atomic E-state index is -1.13. The van der Waals surface area contributed by atoms with Crippen LogP contribution in [0.1, 0.15) is 52.1 Å². The first-order chi connectivity index (χ1) is 9.77. The summed E-state index contributed by atoms with van der Waals surface area (Å²) in [4.78, 5) is 4.28. The van der Waals surface area contributed by atoms with Gasteiger partial charge in [-0.2, -0.15) is 0 Å². The zero-order chi connectivity index (χ0) is 15.6. The molecule has 1 fully saturated rings. The van der Waals surface area contributed by atoms with Crippen molar-refractivity contribution in [3.05, 3.63) is 22.8 Å². The molecule has 4 nitrogen and oxygen atoms in total. The number of aromatic nitrogens is 1. The fraction of sp³-hybridized carbons (Fsp3) is 0.667. The van der Waals surface area contributed by atoms with Crippen molar-refractivity contribution in [1.82, 2.24) is 9.71 Å². The van der Waals surface area contributed by atoms with E-state index < -0.39 is 11.4 Å². The highest BCUT2D eigenvalue weighted by molar-refractivity contribution is 7.90. The monoisotopic (exact) mass is 330 g/mol. The molecule has 1 aliphatic carbocycles. The van der Waals surface area contributed by atoms with Crippen LogP contribution in [0.3, 0.4) is 0 Å². The molecule has 0 saturated heterocycles. The summed E-state index contributed by atoms with van der Waals surface area (Å²) in [6, 6.07) is 1.74. The van der Waals surface area contributed by atoms with Crippen molar-refractivity contribution in [2.24, 2.45) is 5.92 Å². The molecule has 0 radical (unpaired) electrons. The third-order valence-corrected chi connectivity index (χ3v) is 5.27. The molecule has 118 valence electrons. The molecule has 1 aromatic rings. The molecule has 1 aromatic heterocycles. The topological polar surface area (TPSA) is 57.2 Å². The van der Waals surface area contributed by atoms with Crippen molar-refractivity contribution >= 4 is 23.0 Å². The van der Waals surface area contributed by atoms with Crippen LogP contribution in [-0.4, -0.2) is 20.9 Å².